The molecule has 1 aliphatic heterocycles. The number of rotatable bonds is 11. The molecule has 9 heteroatoms. The molecule has 1 heterocycles. The third-order valence-corrected chi connectivity index (χ3v) is 7.29. The molecule has 0 saturated carbocycles. The van der Waals surface area contributed by atoms with Crippen molar-refractivity contribution in [3.8, 4) is 17.2 Å². The minimum absolute atomic E-state index is 0.180. The van der Waals surface area contributed by atoms with Gasteiger partial charge in [0.05, 0.1) is 16.8 Å². The van der Waals surface area contributed by atoms with E-state index in [1.54, 1.807) is 36.4 Å². The van der Waals surface area contributed by atoms with E-state index in [2.05, 4.69) is 47.2 Å². The lowest BCUT2D eigenvalue weighted by Crippen LogP contribution is -2.54. The number of amides is 4. The number of nitrogens with one attached hydrogen (secondary N) is 1. The van der Waals surface area contributed by atoms with E-state index in [4.69, 9.17) is 14.2 Å². The SMILES string of the molecule is CCOc1cc(/C=C2/C(=O)NC(=O)N(c3ccc(C)cc3)C2=O)cc(Br)c1OCCOc1ccc(C(C)CC)cc1. The largest absolute Gasteiger partial charge is 0.490 e. The molecule has 1 saturated heterocycles. The number of carbonyl (C=O) groups is 3. The molecule has 0 radical (unpaired) electrons. The number of urea groups is 1. The van der Waals surface area contributed by atoms with Crippen molar-refractivity contribution >= 4 is 45.5 Å². The van der Waals surface area contributed by atoms with E-state index in [0.717, 1.165) is 22.6 Å². The molecule has 4 amide bonds. The number of nitrogens with zero attached hydrogens (tertiary/aromatic N) is 1. The lowest BCUT2D eigenvalue weighted by atomic mass is 9.99. The number of anilines is 1. The Balaban J connectivity index is 1.49. The second-order valence-electron chi connectivity index (χ2n) is 9.63. The van der Waals surface area contributed by atoms with Gasteiger partial charge in [-0.15, -0.1) is 0 Å². The first-order chi connectivity index (χ1) is 19.7. The van der Waals surface area contributed by atoms with E-state index < -0.39 is 17.8 Å². The summed E-state index contributed by atoms with van der Waals surface area (Å²) >= 11 is 3.53. The second kappa shape index (κ2) is 13.5. The Kier molecular flexibility index (Phi) is 9.83. The van der Waals surface area contributed by atoms with Crippen LogP contribution in [0.1, 0.15) is 49.8 Å². The summed E-state index contributed by atoms with van der Waals surface area (Å²) in [7, 11) is 0. The lowest BCUT2D eigenvalue weighted by Gasteiger charge is -2.26. The molecule has 3 aromatic rings. The van der Waals surface area contributed by atoms with Crippen LogP contribution in [0.5, 0.6) is 17.2 Å². The van der Waals surface area contributed by atoms with Crippen LogP contribution >= 0.6 is 15.9 Å². The molecule has 1 aliphatic rings. The highest BCUT2D eigenvalue weighted by atomic mass is 79.9. The Morgan fingerprint density at radius 3 is 2.27 bits per heavy atom. The maximum atomic E-state index is 13.3. The maximum absolute atomic E-state index is 13.3. The Hall–Kier alpha value is -4.11. The molecule has 4 rings (SSSR count). The van der Waals surface area contributed by atoms with Crippen molar-refractivity contribution in [3.05, 3.63) is 87.4 Å². The van der Waals surface area contributed by atoms with Crippen LogP contribution in [0.3, 0.4) is 0 Å². The van der Waals surface area contributed by atoms with Gasteiger partial charge in [0.15, 0.2) is 11.5 Å². The van der Waals surface area contributed by atoms with E-state index in [1.807, 2.05) is 26.0 Å². The molecule has 0 bridgehead atoms. The van der Waals surface area contributed by atoms with Gasteiger partial charge in [-0.05, 0) is 95.7 Å². The van der Waals surface area contributed by atoms with Gasteiger partial charge in [0.2, 0.25) is 0 Å². The zero-order chi connectivity index (χ0) is 29.5. The molecule has 41 heavy (non-hydrogen) atoms. The van der Waals surface area contributed by atoms with Crippen LogP contribution in [0.2, 0.25) is 0 Å². The smallest absolute Gasteiger partial charge is 0.335 e. The zero-order valence-corrected chi connectivity index (χ0v) is 25.1. The molecule has 1 atom stereocenters. The van der Waals surface area contributed by atoms with E-state index in [9.17, 15) is 14.4 Å². The average molecular weight is 622 g/mol. The molecule has 0 spiro atoms. The fraction of sp³-hybridized carbons (Fsp3) is 0.281. The Morgan fingerprint density at radius 1 is 0.927 bits per heavy atom. The van der Waals surface area contributed by atoms with Crippen LogP contribution in [0.4, 0.5) is 10.5 Å². The van der Waals surface area contributed by atoms with Crippen LogP contribution in [-0.4, -0.2) is 37.7 Å². The van der Waals surface area contributed by atoms with Crippen molar-refractivity contribution < 1.29 is 28.6 Å². The van der Waals surface area contributed by atoms with Gasteiger partial charge in [0, 0.05) is 0 Å². The van der Waals surface area contributed by atoms with Crippen LogP contribution in [0.25, 0.3) is 6.08 Å². The normalized spacial score (nSPS) is 15.1. The first kappa shape index (κ1) is 29.9. The topological polar surface area (TPSA) is 94.2 Å². The summed E-state index contributed by atoms with van der Waals surface area (Å²) in [6.45, 7) is 9.07. The zero-order valence-electron chi connectivity index (χ0n) is 23.5. The van der Waals surface area contributed by atoms with Crippen LogP contribution in [0.15, 0.2) is 70.7 Å². The van der Waals surface area contributed by atoms with Gasteiger partial charge >= 0.3 is 6.03 Å². The van der Waals surface area contributed by atoms with Crippen molar-refractivity contribution in [2.45, 2.75) is 40.0 Å². The van der Waals surface area contributed by atoms with Crippen molar-refractivity contribution in [2.24, 2.45) is 0 Å². The summed E-state index contributed by atoms with van der Waals surface area (Å²) in [6, 6.07) is 17.6. The summed E-state index contributed by atoms with van der Waals surface area (Å²) in [5, 5.41) is 2.25. The van der Waals surface area contributed by atoms with Crippen LogP contribution in [0, 0.1) is 6.92 Å². The van der Waals surface area contributed by atoms with Gasteiger partial charge in [-0.3, -0.25) is 14.9 Å². The molecule has 214 valence electrons. The molecule has 1 fully saturated rings. The van der Waals surface area contributed by atoms with Gasteiger partial charge in [0.1, 0.15) is 24.5 Å². The van der Waals surface area contributed by atoms with Gasteiger partial charge in [-0.25, -0.2) is 9.69 Å². The van der Waals surface area contributed by atoms with Crippen molar-refractivity contribution in [1.29, 1.82) is 0 Å². The molecule has 1 unspecified atom stereocenters. The van der Waals surface area contributed by atoms with E-state index in [0.29, 0.717) is 46.4 Å². The van der Waals surface area contributed by atoms with Crippen LogP contribution in [-0.2, 0) is 9.59 Å². The standard InChI is InChI=1S/C32H33BrN2O6/c1-5-21(4)23-9-13-25(14-10-23)40-15-16-41-29-27(33)18-22(19-28(29)39-6-2)17-26-30(36)34-32(38)35(31(26)37)24-11-7-20(3)8-12-24/h7-14,17-19,21H,5-6,15-16H2,1-4H3,(H,34,36,38)/b26-17-. The first-order valence-corrected chi connectivity index (χ1v) is 14.3. The van der Waals surface area contributed by atoms with Gasteiger partial charge in [-0.1, -0.05) is 43.7 Å². The minimum Gasteiger partial charge on any atom is -0.490 e. The van der Waals surface area contributed by atoms with E-state index in [1.165, 1.54) is 11.6 Å². The number of benzene rings is 3. The third-order valence-electron chi connectivity index (χ3n) is 6.70. The number of halogens is 1. The summed E-state index contributed by atoms with van der Waals surface area (Å²) in [6.07, 6.45) is 2.50. The van der Waals surface area contributed by atoms with Crippen molar-refractivity contribution in [1.82, 2.24) is 5.32 Å². The third kappa shape index (κ3) is 7.16. The highest BCUT2D eigenvalue weighted by Crippen LogP contribution is 2.38. The van der Waals surface area contributed by atoms with Gasteiger partial charge < -0.3 is 14.2 Å². The summed E-state index contributed by atoms with van der Waals surface area (Å²) in [4.78, 5) is 39.3. The first-order valence-electron chi connectivity index (χ1n) is 13.5. The van der Waals surface area contributed by atoms with Gasteiger partial charge in [-0.2, -0.15) is 0 Å². The molecule has 3 aromatic carbocycles. The number of barbiturate groups is 1. The summed E-state index contributed by atoms with van der Waals surface area (Å²) in [5.74, 6) is 0.682. The maximum Gasteiger partial charge on any atom is 0.335 e. The highest BCUT2D eigenvalue weighted by molar-refractivity contribution is 9.10. The molecule has 1 N–H and O–H groups in total. The summed E-state index contributed by atoms with van der Waals surface area (Å²) in [5.41, 5.74) is 2.95. The average Bonchev–Trinajstić information content (AvgIpc) is 2.95. The highest BCUT2D eigenvalue weighted by Gasteiger charge is 2.36. The van der Waals surface area contributed by atoms with E-state index in [-0.39, 0.29) is 12.2 Å². The molecular weight excluding hydrogens is 588 g/mol. The Morgan fingerprint density at radius 2 is 1.61 bits per heavy atom. The lowest BCUT2D eigenvalue weighted by molar-refractivity contribution is -0.122. The fourth-order valence-electron chi connectivity index (χ4n) is 4.26. The number of hydrogen-bond donors (Lipinski definition) is 1. The Bertz CT molecular complexity index is 1450. The molecule has 8 nitrogen and oxygen atoms in total. The minimum atomic E-state index is -0.797. The second-order valence-corrected chi connectivity index (χ2v) is 10.5. The predicted molar refractivity (Wildman–Crippen MR) is 162 cm³/mol. The number of ether oxygens (including phenoxy) is 3. The number of hydrogen-bond acceptors (Lipinski definition) is 6. The molecule has 0 aliphatic carbocycles. The fourth-order valence-corrected chi connectivity index (χ4v) is 4.83. The van der Waals surface area contributed by atoms with Gasteiger partial charge in [0.25, 0.3) is 11.8 Å². The van der Waals surface area contributed by atoms with Crippen molar-refractivity contribution in [2.75, 3.05) is 24.7 Å². The molecule has 0 aromatic heterocycles. The number of aryl methyl sites for hydroxylation is 1. The quantitative estimate of drug-likeness (QED) is 0.144. The van der Waals surface area contributed by atoms with Crippen molar-refractivity contribution in [3.63, 3.8) is 0 Å². The Labute approximate surface area is 248 Å². The predicted octanol–water partition coefficient (Wildman–Crippen LogP) is 6.79. The number of imide groups is 2. The van der Waals surface area contributed by atoms with Crippen LogP contribution < -0.4 is 24.4 Å². The summed E-state index contributed by atoms with van der Waals surface area (Å²) < 4.78 is 18.2. The van der Waals surface area contributed by atoms with E-state index >= 15 is 0 Å². The molecular formula is C32H33BrN2O6. The monoisotopic (exact) mass is 620 g/mol. The number of carbonyl (C=O) groups excluding carboxylic acids is 3.